The molecule has 0 fully saturated rings. The smallest absolute Gasteiger partial charge is 0.158 e. The van der Waals surface area contributed by atoms with Crippen LogP contribution in [-0.2, 0) is 12.8 Å². The first kappa shape index (κ1) is 14.5. The molecule has 0 aliphatic heterocycles. The monoisotopic (exact) mass is 348 g/mol. The Labute approximate surface area is 148 Å². The van der Waals surface area contributed by atoms with Crippen LogP contribution < -0.4 is 5.43 Å². The second-order valence-corrected chi connectivity index (χ2v) is 7.25. The first-order chi connectivity index (χ1) is 12.3. The highest BCUT2D eigenvalue weighted by Gasteiger charge is 2.21. The third kappa shape index (κ3) is 2.39. The van der Waals surface area contributed by atoms with Crippen LogP contribution in [0.3, 0.4) is 0 Å². The Morgan fingerprint density at radius 2 is 2.16 bits per heavy atom. The molecule has 0 amide bonds. The lowest BCUT2D eigenvalue weighted by Crippen LogP contribution is -2.03. The Morgan fingerprint density at radius 1 is 1.24 bits per heavy atom. The van der Waals surface area contributed by atoms with Crippen molar-refractivity contribution in [1.82, 2.24) is 19.9 Å². The lowest BCUT2D eigenvalue weighted by molar-refractivity contribution is 0.917. The Balaban J connectivity index is 1.51. The number of nitrogens with one attached hydrogen (secondary N) is 2. The molecule has 1 aliphatic rings. The molecule has 124 valence electrons. The lowest BCUT2D eigenvalue weighted by Gasteiger charge is -2.04. The molecule has 0 saturated heterocycles. The van der Waals surface area contributed by atoms with E-state index >= 15 is 0 Å². The molecule has 0 atom stereocenters. The lowest BCUT2D eigenvalue weighted by atomic mass is 10.2. The second-order valence-electron chi connectivity index (χ2n) is 6.17. The minimum absolute atomic E-state index is 0.759. The molecule has 0 saturated carbocycles. The van der Waals surface area contributed by atoms with Crippen molar-refractivity contribution < 1.29 is 0 Å². The van der Waals surface area contributed by atoms with Crippen LogP contribution >= 0.6 is 11.3 Å². The second kappa shape index (κ2) is 5.63. The van der Waals surface area contributed by atoms with E-state index in [1.807, 2.05) is 31.2 Å². The maximum atomic E-state index is 4.58. The van der Waals surface area contributed by atoms with Crippen molar-refractivity contribution in [2.24, 2.45) is 5.10 Å². The van der Waals surface area contributed by atoms with Crippen LogP contribution in [0.1, 0.15) is 29.6 Å². The minimum Gasteiger partial charge on any atom is -0.337 e. The zero-order chi connectivity index (χ0) is 16.8. The van der Waals surface area contributed by atoms with Crippen molar-refractivity contribution in [2.45, 2.75) is 26.2 Å². The molecule has 3 aromatic heterocycles. The number of hydrazone groups is 1. The summed E-state index contributed by atoms with van der Waals surface area (Å²) in [6.45, 7) is 1.93. The predicted octanol–water partition coefficient (Wildman–Crippen LogP) is 3.89. The van der Waals surface area contributed by atoms with E-state index in [9.17, 15) is 0 Å². The Bertz CT molecular complexity index is 1090. The van der Waals surface area contributed by atoms with Crippen LogP contribution in [0, 0.1) is 0 Å². The van der Waals surface area contributed by atoms with Crippen molar-refractivity contribution in [1.29, 1.82) is 0 Å². The summed E-state index contributed by atoms with van der Waals surface area (Å²) in [6, 6.07) is 7.96. The van der Waals surface area contributed by atoms with Gasteiger partial charge in [0.25, 0.3) is 0 Å². The van der Waals surface area contributed by atoms with E-state index in [-0.39, 0.29) is 0 Å². The third-order valence-electron chi connectivity index (χ3n) is 4.56. The quantitative estimate of drug-likeness (QED) is 0.435. The standard InChI is InChI=1S/C18H16N6S/c1-10(16-21-12-6-2-3-7-13(12)22-16)23-24-17-15-11-5-4-8-14(11)25-18(15)20-9-19-17/h2-3,6-7,9H,4-5,8H2,1H3,(H,21,22)(H,19,20,24)/b23-10-. The van der Waals surface area contributed by atoms with E-state index in [1.54, 1.807) is 17.7 Å². The van der Waals surface area contributed by atoms with Crippen molar-refractivity contribution in [3.05, 3.63) is 46.9 Å². The number of hydrogen-bond acceptors (Lipinski definition) is 6. The highest BCUT2D eigenvalue weighted by atomic mass is 32.1. The van der Waals surface area contributed by atoms with Crippen molar-refractivity contribution >= 4 is 44.1 Å². The number of aromatic amines is 1. The fourth-order valence-corrected chi connectivity index (χ4v) is 4.56. The fourth-order valence-electron chi connectivity index (χ4n) is 3.33. The third-order valence-corrected chi connectivity index (χ3v) is 5.76. The molecule has 5 rings (SSSR count). The average Bonchev–Trinajstić information content (AvgIpc) is 3.32. The van der Waals surface area contributed by atoms with Crippen molar-refractivity contribution in [3.8, 4) is 0 Å². The Morgan fingerprint density at radius 3 is 3.08 bits per heavy atom. The van der Waals surface area contributed by atoms with Crippen LogP contribution in [0.25, 0.3) is 21.3 Å². The summed E-state index contributed by atoms with van der Waals surface area (Å²) < 4.78 is 0. The molecule has 4 aromatic rings. The van der Waals surface area contributed by atoms with E-state index < -0.39 is 0 Å². The largest absolute Gasteiger partial charge is 0.337 e. The van der Waals surface area contributed by atoms with E-state index in [2.05, 4.69) is 30.5 Å². The number of thiophene rings is 1. The van der Waals surface area contributed by atoms with Crippen LogP contribution in [0.4, 0.5) is 5.82 Å². The molecule has 2 N–H and O–H groups in total. The summed E-state index contributed by atoms with van der Waals surface area (Å²) >= 11 is 1.78. The molecule has 0 spiro atoms. The van der Waals surface area contributed by atoms with Gasteiger partial charge in [0, 0.05) is 4.88 Å². The van der Waals surface area contributed by atoms with Crippen molar-refractivity contribution in [3.63, 3.8) is 0 Å². The van der Waals surface area contributed by atoms with Gasteiger partial charge in [-0.2, -0.15) is 5.10 Å². The van der Waals surface area contributed by atoms with Gasteiger partial charge in [0.2, 0.25) is 0 Å². The van der Waals surface area contributed by atoms with E-state index in [0.29, 0.717) is 0 Å². The molecular weight excluding hydrogens is 332 g/mol. The zero-order valence-electron chi connectivity index (χ0n) is 13.7. The molecule has 0 unspecified atom stereocenters. The summed E-state index contributed by atoms with van der Waals surface area (Å²) in [7, 11) is 0. The van der Waals surface area contributed by atoms with Crippen molar-refractivity contribution in [2.75, 3.05) is 5.43 Å². The number of fused-ring (bicyclic) bond motifs is 4. The first-order valence-corrected chi connectivity index (χ1v) is 9.12. The van der Waals surface area contributed by atoms with E-state index in [0.717, 1.165) is 51.4 Å². The molecule has 1 aliphatic carbocycles. The highest BCUT2D eigenvalue weighted by molar-refractivity contribution is 7.19. The van der Waals surface area contributed by atoms with Gasteiger partial charge >= 0.3 is 0 Å². The minimum atomic E-state index is 0.759. The maximum absolute atomic E-state index is 4.58. The molecule has 3 heterocycles. The van der Waals surface area contributed by atoms with Gasteiger partial charge in [0.1, 0.15) is 16.9 Å². The molecule has 1 aromatic carbocycles. The van der Waals surface area contributed by atoms with Gasteiger partial charge in [-0.3, -0.25) is 5.43 Å². The first-order valence-electron chi connectivity index (χ1n) is 8.30. The number of benzene rings is 1. The van der Waals surface area contributed by atoms with Gasteiger partial charge < -0.3 is 4.98 Å². The van der Waals surface area contributed by atoms with E-state index in [4.69, 9.17) is 0 Å². The maximum Gasteiger partial charge on any atom is 0.158 e. The van der Waals surface area contributed by atoms with Crippen LogP contribution in [0.5, 0.6) is 0 Å². The summed E-state index contributed by atoms with van der Waals surface area (Å²) in [5.74, 6) is 1.54. The van der Waals surface area contributed by atoms with Crippen LogP contribution in [0.15, 0.2) is 35.7 Å². The van der Waals surface area contributed by atoms with Gasteiger partial charge in [0.15, 0.2) is 11.6 Å². The number of rotatable bonds is 3. The number of nitrogens with zero attached hydrogens (tertiary/aromatic N) is 4. The molecular formula is C18H16N6S. The number of aromatic nitrogens is 4. The van der Waals surface area contributed by atoms with Gasteiger partial charge in [0.05, 0.1) is 16.4 Å². The molecule has 0 radical (unpaired) electrons. The number of imidazole rings is 1. The summed E-state index contributed by atoms with van der Waals surface area (Å²) in [4.78, 5) is 19.2. The van der Waals surface area contributed by atoms with Gasteiger partial charge in [-0.25, -0.2) is 15.0 Å². The Kier molecular flexibility index (Phi) is 3.27. The number of aryl methyl sites for hydroxylation is 2. The zero-order valence-corrected chi connectivity index (χ0v) is 14.5. The number of para-hydroxylation sites is 2. The number of hydrogen-bond donors (Lipinski definition) is 2. The summed E-state index contributed by atoms with van der Waals surface area (Å²) in [6.07, 6.45) is 5.07. The van der Waals surface area contributed by atoms with E-state index in [1.165, 1.54) is 16.9 Å². The fraction of sp³-hybridized carbons (Fsp3) is 0.222. The molecule has 6 nitrogen and oxygen atoms in total. The highest BCUT2D eigenvalue weighted by Crippen LogP contribution is 2.38. The summed E-state index contributed by atoms with van der Waals surface area (Å²) in [5.41, 5.74) is 7.25. The average molecular weight is 348 g/mol. The van der Waals surface area contributed by atoms with Gasteiger partial charge in [-0.15, -0.1) is 11.3 Å². The van der Waals surface area contributed by atoms with Gasteiger partial charge in [-0.1, -0.05) is 12.1 Å². The topological polar surface area (TPSA) is 78.8 Å². The SMILES string of the molecule is C/C(=N/Nc1ncnc2sc3c(c12)CCC3)c1nc2ccccc2[nH]1. The molecule has 25 heavy (non-hydrogen) atoms. The molecule has 7 heteroatoms. The number of anilines is 1. The molecule has 0 bridgehead atoms. The van der Waals surface area contributed by atoms with Gasteiger partial charge in [-0.05, 0) is 43.9 Å². The normalized spacial score (nSPS) is 14.4. The van der Waals surface area contributed by atoms with Crippen LogP contribution in [-0.4, -0.2) is 25.6 Å². The Hall–Kier alpha value is -2.80. The summed E-state index contributed by atoms with van der Waals surface area (Å²) in [5, 5.41) is 5.63. The number of H-pyrrole nitrogens is 1. The predicted molar refractivity (Wildman–Crippen MR) is 101 cm³/mol. The van der Waals surface area contributed by atoms with Crippen LogP contribution in [0.2, 0.25) is 0 Å².